The maximum atomic E-state index is 12.5. The van der Waals surface area contributed by atoms with Gasteiger partial charge in [0.05, 0.1) is 24.5 Å². The maximum Gasteiger partial charge on any atom is 0.257 e. The number of carbonyl (C=O) groups excluding carboxylic acids is 1. The van der Waals surface area contributed by atoms with E-state index in [2.05, 4.69) is 0 Å². The first-order chi connectivity index (χ1) is 9.75. The van der Waals surface area contributed by atoms with E-state index in [0.717, 1.165) is 32.4 Å². The van der Waals surface area contributed by atoms with E-state index in [0.29, 0.717) is 18.7 Å². The zero-order chi connectivity index (χ0) is 14.0. The van der Waals surface area contributed by atoms with Gasteiger partial charge in [0.2, 0.25) is 0 Å². The third-order valence-electron chi connectivity index (χ3n) is 4.48. The van der Waals surface area contributed by atoms with Crippen LogP contribution >= 0.6 is 0 Å². The summed E-state index contributed by atoms with van der Waals surface area (Å²) in [5, 5.41) is 0. The lowest BCUT2D eigenvalue weighted by molar-refractivity contribution is -0.142. The monoisotopic (exact) mass is 279 g/mol. The molecule has 2 atom stereocenters. The Kier molecular flexibility index (Phi) is 3.81. The van der Waals surface area contributed by atoms with Gasteiger partial charge >= 0.3 is 0 Å². The van der Waals surface area contributed by atoms with Crippen LogP contribution in [0, 0.1) is 5.41 Å². The van der Waals surface area contributed by atoms with E-state index in [1.807, 2.05) is 4.90 Å². The summed E-state index contributed by atoms with van der Waals surface area (Å²) < 4.78 is 16.4. The van der Waals surface area contributed by atoms with Gasteiger partial charge < -0.3 is 18.8 Å². The zero-order valence-corrected chi connectivity index (χ0v) is 11.8. The van der Waals surface area contributed by atoms with Crippen LogP contribution in [0.15, 0.2) is 23.0 Å². The number of rotatable bonds is 3. The van der Waals surface area contributed by atoms with Crippen molar-refractivity contribution in [3.05, 3.63) is 24.2 Å². The number of hydrogen-bond donors (Lipinski definition) is 0. The van der Waals surface area contributed by atoms with Gasteiger partial charge in [0, 0.05) is 32.2 Å². The van der Waals surface area contributed by atoms with E-state index in [-0.39, 0.29) is 17.4 Å². The van der Waals surface area contributed by atoms with Crippen molar-refractivity contribution in [2.75, 3.05) is 33.4 Å². The van der Waals surface area contributed by atoms with Gasteiger partial charge in [0.1, 0.15) is 6.26 Å². The Balaban J connectivity index is 1.77. The first-order valence-electron chi connectivity index (χ1n) is 7.17. The molecule has 2 aliphatic rings. The molecule has 0 radical (unpaired) electrons. The second kappa shape index (κ2) is 5.58. The number of nitrogens with zero attached hydrogens (tertiary/aromatic N) is 1. The molecule has 1 amide bonds. The summed E-state index contributed by atoms with van der Waals surface area (Å²) in [6.07, 6.45) is 6.23. The Morgan fingerprint density at radius 3 is 3.25 bits per heavy atom. The molecule has 2 aliphatic heterocycles. The van der Waals surface area contributed by atoms with Crippen molar-refractivity contribution in [1.82, 2.24) is 4.90 Å². The van der Waals surface area contributed by atoms with Crippen molar-refractivity contribution >= 4 is 5.91 Å². The summed E-state index contributed by atoms with van der Waals surface area (Å²) in [5.41, 5.74) is 0.567. The Bertz CT molecular complexity index is 454. The number of methoxy groups -OCH3 is 1. The van der Waals surface area contributed by atoms with Crippen LogP contribution in [0.3, 0.4) is 0 Å². The van der Waals surface area contributed by atoms with Crippen molar-refractivity contribution < 1.29 is 18.7 Å². The number of hydrogen-bond acceptors (Lipinski definition) is 4. The van der Waals surface area contributed by atoms with Crippen molar-refractivity contribution in [3.63, 3.8) is 0 Å². The number of carbonyl (C=O) groups is 1. The summed E-state index contributed by atoms with van der Waals surface area (Å²) in [6, 6.07) is 1.72. The smallest absolute Gasteiger partial charge is 0.257 e. The molecule has 0 saturated carbocycles. The van der Waals surface area contributed by atoms with Gasteiger partial charge in [-0.15, -0.1) is 0 Å². The van der Waals surface area contributed by atoms with Crippen LogP contribution in [0.1, 0.15) is 29.6 Å². The van der Waals surface area contributed by atoms with Crippen molar-refractivity contribution in [2.45, 2.75) is 25.4 Å². The third-order valence-corrected chi connectivity index (χ3v) is 4.48. The van der Waals surface area contributed by atoms with Crippen LogP contribution in [0.2, 0.25) is 0 Å². The molecule has 0 N–H and O–H groups in total. The van der Waals surface area contributed by atoms with Crippen LogP contribution in [0.4, 0.5) is 0 Å². The van der Waals surface area contributed by atoms with Crippen LogP contribution < -0.4 is 0 Å². The topological polar surface area (TPSA) is 51.9 Å². The lowest BCUT2D eigenvalue weighted by Gasteiger charge is -2.50. The predicted molar refractivity (Wildman–Crippen MR) is 72.5 cm³/mol. The van der Waals surface area contributed by atoms with Crippen molar-refractivity contribution in [2.24, 2.45) is 5.41 Å². The molecule has 2 fully saturated rings. The Labute approximate surface area is 118 Å². The maximum absolute atomic E-state index is 12.5. The SMILES string of the molecule is COCC12CCCOC1CCN(C(=O)c1ccoc1)C2. The fraction of sp³-hybridized carbons (Fsp3) is 0.667. The van der Waals surface area contributed by atoms with Gasteiger partial charge in [-0.2, -0.15) is 0 Å². The highest BCUT2D eigenvalue weighted by atomic mass is 16.5. The molecule has 1 aromatic rings. The minimum Gasteiger partial charge on any atom is -0.472 e. The van der Waals surface area contributed by atoms with E-state index in [1.54, 1.807) is 13.2 Å². The summed E-state index contributed by atoms with van der Waals surface area (Å²) >= 11 is 0. The minimum absolute atomic E-state index is 0.0400. The van der Waals surface area contributed by atoms with E-state index >= 15 is 0 Å². The molecule has 3 heterocycles. The third kappa shape index (κ3) is 2.36. The quantitative estimate of drug-likeness (QED) is 0.848. The number of furan rings is 1. The highest BCUT2D eigenvalue weighted by Gasteiger charge is 2.47. The first kappa shape index (κ1) is 13.6. The Morgan fingerprint density at radius 2 is 2.50 bits per heavy atom. The normalized spacial score (nSPS) is 30.1. The molecule has 0 aromatic carbocycles. The fourth-order valence-electron chi connectivity index (χ4n) is 3.53. The zero-order valence-electron chi connectivity index (χ0n) is 11.8. The largest absolute Gasteiger partial charge is 0.472 e. The Hall–Kier alpha value is -1.33. The molecule has 5 heteroatoms. The first-order valence-corrected chi connectivity index (χ1v) is 7.17. The second-order valence-corrected chi connectivity index (χ2v) is 5.79. The number of fused-ring (bicyclic) bond motifs is 1. The molecule has 2 unspecified atom stereocenters. The van der Waals surface area contributed by atoms with Crippen molar-refractivity contribution in [3.8, 4) is 0 Å². The number of likely N-dealkylation sites (tertiary alicyclic amines) is 1. The predicted octanol–water partition coefficient (Wildman–Crippen LogP) is 1.94. The van der Waals surface area contributed by atoms with E-state index in [1.165, 1.54) is 12.5 Å². The summed E-state index contributed by atoms with van der Waals surface area (Å²) in [6.45, 7) is 2.91. The van der Waals surface area contributed by atoms with Gasteiger partial charge in [0.25, 0.3) is 5.91 Å². The highest BCUT2D eigenvalue weighted by molar-refractivity contribution is 5.93. The van der Waals surface area contributed by atoms with Crippen LogP contribution in [0.25, 0.3) is 0 Å². The minimum atomic E-state index is -0.0509. The van der Waals surface area contributed by atoms with Gasteiger partial charge in [-0.25, -0.2) is 0 Å². The number of ether oxygens (including phenoxy) is 2. The van der Waals surface area contributed by atoms with E-state index < -0.39 is 0 Å². The average Bonchev–Trinajstić information content (AvgIpc) is 3.00. The summed E-state index contributed by atoms with van der Waals surface area (Å²) in [7, 11) is 1.72. The molecular weight excluding hydrogens is 258 g/mol. The second-order valence-electron chi connectivity index (χ2n) is 5.79. The molecule has 0 bridgehead atoms. The number of amides is 1. The van der Waals surface area contributed by atoms with Gasteiger partial charge in [-0.1, -0.05) is 0 Å². The van der Waals surface area contributed by atoms with Gasteiger partial charge in [0.15, 0.2) is 0 Å². The van der Waals surface area contributed by atoms with E-state index in [9.17, 15) is 4.79 Å². The van der Waals surface area contributed by atoms with Crippen LogP contribution in [-0.4, -0.2) is 50.3 Å². The molecule has 110 valence electrons. The molecule has 20 heavy (non-hydrogen) atoms. The molecular formula is C15H21NO4. The molecule has 0 aliphatic carbocycles. The van der Waals surface area contributed by atoms with Crippen LogP contribution in [0.5, 0.6) is 0 Å². The standard InChI is InChI=1S/C15H21NO4/c1-18-11-15-5-2-7-20-13(15)3-6-16(10-15)14(17)12-4-8-19-9-12/h4,8-9,13H,2-3,5-7,10-11H2,1H3. The number of piperidine rings is 1. The van der Waals surface area contributed by atoms with E-state index in [4.69, 9.17) is 13.9 Å². The highest BCUT2D eigenvalue weighted by Crippen LogP contribution is 2.40. The Morgan fingerprint density at radius 1 is 1.60 bits per heavy atom. The fourth-order valence-corrected chi connectivity index (χ4v) is 3.53. The van der Waals surface area contributed by atoms with Gasteiger partial charge in [-0.3, -0.25) is 4.79 Å². The lowest BCUT2D eigenvalue weighted by atomic mass is 9.73. The summed E-state index contributed by atoms with van der Waals surface area (Å²) in [5.74, 6) is 0.0400. The lowest BCUT2D eigenvalue weighted by Crippen LogP contribution is -2.58. The molecule has 1 aromatic heterocycles. The molecule has 0 spiro atoms. The molecule has 5 nitrogen and oxygen atoms in total. The van der Waals surface area contributed by atoms with Crippen molar-refractivity contribution in [1.29, 1.82) is 0 Å². The molecule has 3 rings (SSSR count). The molecule has 2 saturated heterocycles. The van der Waals surface area contributed by atoms with Crippen LogP contribution in [-0.2, 0) is 9.47 Å². The average molecular weight is 279 g/mol. The van der Waals surface area contributed by atoms with Gasteiger partial charge in [-0.05, 0) is 25.3 Å². The summed E-state index contributed by atoms with van der Waals surface area (Å²) in [4.78, 5) is 14.4.